The van der Waals surface area contributed by atoms with Crippen LogP contribution in [0.3, 0.4) is 0 Å². The van der Waals surface area contributed by atoms with Gasteiger partial charge in [-0.1, -0.05) is 36.8 Å². The number of rotatable bonds is 6. The first-order valence-corrected chi connectivity index (χ1v) is 6.54. The van der Waals surface area contributed by atoms with Gasteiger partial charge in [0.25, 0.3) is 0 Å². The summed E-state index contributed by atoms with van der Waals surface area (Å²) in [4.78, 5) is 0. The summed E-state index contributed by atoms with van der Waals surface area (Å²) in [7, 11) is 1.95. The zero-order chi connectivity index (χ0) is 12.8. The Morgan fingerprint density at radius 1 is 1.22 bits per heavy atom. The van der Waals surface area contributed by atoms with Gasteiger partial charge in [-0.25, -0.2) is 0 Å². The van der Waals surface area contributed by atoms with Crippen LogP contribution in [-0.2, 0) is 13.5 Å². The lowest BCUT2D eigenvalue weighted by molar-refractivity contribution is 0.586. The Hall–Kier alpha value is -1.61. The average molecular weight is 243 g/mol. The van der Waals surface area contributed by atoms with Crippen molar-refractivity contribution >= 4 is 0 Å². The Kier molecular flexibility index (Phi) is 4.53. The molecular formula is C15H21N3. The van der Waals surface area contributed by atoms with E-state index in [1.165, 1.54) is 17.5 Å². The Morgan fingerprint density at radius 2 is 2.00 bits per heavy atom. The van der Waals surface area contributed by atoms with Gasteiger partial charge in [0.1, 0.15) is 0 Å². The first kappa shape index (κ1) is 12.8. The molecule has 3 heteroatoms. The van der Waals surface area contributed by atoms with Gasteiger partial charge in [-0.3, -0.25) is 4.68 Å². The van der Waals surface area contributed by atoms with Crippen molar-refractivity contribution in [2.24, 2.45) is 12.8 Å². The van der Waals surface area contributed by atoms with E-state index in [2.05, 4.69) is 23.4 Å². The summed E-state index contributed by atoms with van der Waals surface area (Å²) in [5.74, 6) is 0. The second-order valence-corrected chi connectivity index (χ2v) is 4.79. The lowest BCUT2D eigenvalue weighted by Crippen LogP contribution is -2.09. The highest BCUT2D eigenvalue weighted by atomic mass is 15.2. The van der Waals surface area contributed by atoms with E-state index >= 15 is 0 Å². The lowest BCUT2D eigenvalue weighted by Gasteiger charge is -2.11. The maximum atomic E-state index is 6.16. The molecule has 1 unspecified atom stereocenters. The molecule has 2 rings (SSSR count). The third-order valence-electron chi connectivity index (χ3n) is 3.22. The largest absolute Gasteiger partial charge is 0.324 e. The van der Waals surface area contributed by atoms with Crippen molar-refractivity contribution in [3.8, 4) is 0 Å². The molecule has 0 amide bonds. The van der Waals surface area contributed by atoms with Gasteiger partial charge in [-0.2, -0.15) is 5.10 Å². The molecule has 96 valence electrons. The monoisotopic (exact) mass is 243 g/mol. The van der Waals surface area contributed by atoms with E-state index in [1.54, 1.807) is 0 Å². The van der Waals surface area contributed by atoms with Crippen LogP contribution in [0.15, 0.2) is 42.7 Å². The summed E-state index contributed by atoms with van der Waals surface area (Å²) < 4.78 is 1.85. The van der Waals surface area contributed by atoms with Crippen molar-refractivity contribution in [3.63, 3.8) is 0 Å². The average Bonchev–Trinajstić information content (AvgIpc) is 2.81. The highest BCUT2D eigenvalue weighted by Crippen LogP contribution is 2.17. The van der Waals surface area contributed by atoms with Gasteiger partial charge in [-0.15, -0.1) is 0 Å². The number of hydrogen-bond donors (Lipinski definition) is 1. The van der Waals surface area contributed by atoms with Crippen LogP contribution in [0, 0.1) is 0 Å². The normalized spacial score (nSPS) is 12.6. The molecule has 0 aliphatic heterocycles. The number of unbranched alkanes of at least 4 members (excludes halogenated alkanes) is 1. The minimum atomic E-state index is 0.167. The summed E-state index contributed by atoms with van der Waals surface area (Å²) in [6.07, 6.45) is 8.49. The standard InChI is InChI=1S/C15H21N3/c1-18-12-13(11-17-18)7-5-6-10-15(16)14-8-3-2-4-9-14/h2-4,8-9,11-12,15H,5-7,10,16H2,1H3. The van der Waals surface area contributed by atoms with E-state index in [1.807, 2.05) is 36.1 Å². The minimum absolute atomic E-state index is 0.167. The van der Waals surface area contributed by atoms with E-state index in [0.29, 0.717) is 0 Å². The fourth-order valence-corrected chi connectivity index (χ4v) is 2.16. The molecule has 0 fully saturated rings. The van der Waals surface area contributed by atoms with Crippen LogP contribution in [-0.4, -0.2) is 9.78 Å². The van der Waals surface area contributed by atoms with Crippen LogP contribution < -0.4 is 5.73 Å². The van der Waals surface area contributed by atoms with Crippen LogP contribution in [0.4, 0.5) is 0 Å². The summed E-state index contributed by atoms with van der Waals surface area (Å²) in [5.41, 5.74) is 8.71. The smallest absolute Gasteiger partial charge is 0.0521 e. The Labute approximate surface area is 109 Å². The number of aryl methyl sites for hydroxylation is 2. The van der Waals surface area contributed by atoms with Crippen molar-refractivity contribution in [3.05, 3.63) is 53.9 Å². The van der Waals surface area contributed by atoms with Crippen LogP contribution in [0.1, 0.15) is 36.4 Å². The Balaban J connectivity index is 1.69. The van der Waals surface area contributed by atoms with Gasteiger partial charge in [0.05, 0.1) is 6.20 Å². The number of aromatic nitrogens is 2. The molecule has 1 aromatic carbocycles. The molecule has 1 heterocycles. The van der Waals surface area contributed by atoms with Gasteiger partial charge in [0.2, 0.25) is 0 Å². The zero-order valence-corrected chi connectivity index (χ0v) is 10.9. The summed E-state index contributed by atoms with van der Waals surface area (Å²) >= 11 is 0. The second-order valence-electron chi connectivity index (χ2n) is 4.79. The lowest BCUT2D eigenvalue weighted by atomic mass is 10.0. The SMILES string of the molecule is Cn1cc(CCCCC(N)c2ccccc2)cn1. The van der Waals surface area contributed by atoms with Crippen LogP contribution in [0.2, 0.25) is 0 Å². The van der Waals surface area contributed by atoms with Gasteiger partial charge < -0.3 is 5.73 Å². The molecule has 18 heavy (non-hydrogen) atoms. The number of hydrogen-bond acceptors (Lipinski definition) is 2. The van der Waals surface area contributed by atoms with Crippen LogP contribution >= 0.6 is 0 Å². The van der Waals surface area contributed by atoms with Crippen LogP contribution in [0.5, 0.6) is 0 Å². The predicted octanol–water partition coefficient (Wildman–Crippen LogP) is 2.83. The molecule has 1 atom stereocenters. The van der Waals surface area contributed by atoms with Gasteiger partial charge in [0.15, 0.2) is 0 Å². The number of nitrogens with zero attached hydrogens (tertiary/aromatic N) is 2. The maximum absolute atomic E-state index is 6.16. The van der Waals surface area contributed by atoms with Crippen LogP contribution in [0.25, 0.3) is 0 Å². The molecule has 0 bridgehead atoms. The van der Waals surface area contributed by atoms with Gasteiger partial charge in [0, 0.05) is 19.3 Å². The third-order valence-corrected chi connectivity index (χ3v) is 3.22. The van der Waals surface area contributed by atoms with Crippen molar-refractivity contribution in [2.75, 3.05) is 0 Å². The van der Waals surface area contributed by atoms with E-state index in [4.69, 9.17) is 5.73 Å². The Morgan fingerprint density at radius 3 is 2.67 bits per heavy atom. The van der Waals surface area contributed by atoms with Crippen molar-refractivity contribution < 1.29 is 0 Å². The first-order valence-electron chi connectivity index (χ1n) is 6.54. The number of benzene rings is 1. The first-order chi connectivity index (χ1) is 8.75. The molecule has 0 saturated carbocycles. The molecule has 0 aliphatic rings. The van der Waals surface area contributed by atoms with Crippen molar-refractivity contribution in [2.45, 2.75) is 31.7 Å². The minimum Gasteiger partial charge on any atom is -0.324 e. The third kappa shape index (κ3) is 3.70. The van der Waals surface area contributed by atoms with Crippen molar-refractivity contribution in [1.82, 2.24) is 9.78 Å². The highest BCUT2D eigenvalue weighted by Gasteiger charge is 2.04. The van der Waals surface area contributed by atoms with Crippen molar-refractivity contribution in [1.29, 1.82) is 0 Å². The van der Waals surface area contributed by atoms with E-state index in [-0.39, 0.29) is 6.04 Å². The fraction of sp³-hybridized carbons (Fsp3) is 0.400. The van der Waals surface area contributed by atoms with E-state index < -0.39 is 0 Å². The molecule has 0 spiro atoms. The summed E-state index contributed by atoms with van der Waals surface area (Å²) in [6.45, 7) is 0. The Bertz CT molecular complexity index is 462. The van der Waals surface area contributed by atoms with Gasteiger partial charge in [-0.05, 0) is 30.4 Å². The van der Waals surface area contributed by atoms with E-state index in [9.17, 15) is 0 Å². The molecule has 0 aliphatic carbocycles. The zero-order valence-electron chi connectivity index (χ0n) is 10.9. The molecule has 2 aromatic rings. The maximum Gasteiger partial charge on any atom is 0.0521 e. The fourth-order valence-electron chi connectivity index (χ4n) is 2.16. The second kappa shape index (κ2) is 6.36. The topological polar surface area (TPSA) is 43.8 Å². The van der Waals surface area contributed by atoms with Gasteiger partial charge >= 0.3 is 0 Å². The predicted molar refractivity (Wildman–Crippen MR) is 74.1 cm³/mol. The molecule has 1 aromatic heterocycles. The molecular weight excluding hydrogens is 222 g/mol. The molecule has 0 radical (unpaired) electrons. The summed E-state index contributed by atoms with van der Waals surface area (Å²) in [6, 6.07) is 10.5. The highest BCUT2D eigenvalue weighted by molar-refractivity contribution is 5.18. The quantitative estimate of drug-likeness (QED) is 0.793. The summed E-state index contributed by atoms with van der Waals surface area (Å²) in [5, 5.41) is 4.17. The van der Waals surface area contributed by atoms with E-state index in [0.717, 1.165) is 19.3 Å². The molecule has 0 saturated heterocycles. The molecule has 3 nitrogen and oxygen atoms in total. The number of nitrogens with two attached hydrogens (primary N) is 1. The molecule has 2 N–H and O–H groups in total.